The van der Waals surface area contributed by atoms with Crippen LogP contribution in [0.5, 0.6) is 0 Å². The second-order valence-corrected chi connectivity index (χ2v) is 3.72. The fraction of sp³-hybridized carbons (Fsp3) is 1.00. The van der Waals surface area contributed by atoms with Gasteiger partial charge >= 0.3 is 0 Å². The summed E-state index contributed by atoms with van der Waals surface area (Å²) < 4.78 is 18.7. The van der Waals surface area contributed by atoms with E-state index in [2.05, 4.69) is 10.2 Å². The number of ether oxygens (including phenoxy) is 1. The first kappa shape index (κ1) is 9.37. The topological polar surface area (TPSA) is 24.5 Å². The zero-order chi connectivity index (χ0) is 9.10. The first-order chi connectivity index (χ1) is 6.38. The van der Waals surface area contributed by atoms with E-state index in [0.29, 0.717) is 6.54 Å². The van der Waals surface area contributed by atoms with Gasteiger partial charge in [-0.05, 0) is 13.0 Å². The Kier molecular flexibility index (Phi) is 3.14. The lowest BCUT2D eigenvalue weighted by Gasteiger charge is -2.38. The number of morpholine rings is 1. The molecule has 2 atom stereocenters. The van der Waals surface area contributed by atoms with Gasteiger partial charge in [0, 0.05) is 25.7 Å². The highest BCUT2D eigenvalue weighted by Gasteiger charge is 2.30. The van der Waals surface area contributed by atoms with E-state index in [-0.39, 0.29) is 6.04 Å². The van der Waals surface area contributed by atoms with E-state index in [0.717, 1.165) is 39.3 Å². The normalized spacial score (nSPS) is 37.6. The van der Waals surface area contributed by atoms with E-state index >= 15 is 0 Å². The van der Waals surface area contributed by atoms with Crippen LogP contribution in [0.1, 0.15) is 6.42 Å². The van der Waals surface area contributed by atoms with Crippen molar-refractivity contribution in [3.8, 4) is 0 Å². The molecule has 0 aromatic heterocycles. The lowest BCUT2D eigenvalue weighted by molar-refractivity contribution is -0.0108. The number of nitrogens with zero attached hydrogens (tertiary/aromatic N) is 1. The molecule has 4 heteroatoms. The Balaban J connectivity index is 1.88. The molecule has 2 aliphatic rings. The maximum absolute atomic E-state index is 13.5. The molecule has 2 saturated heterocycles. The average molecular weight is 188 g/mol. The molecule has 0 aromatic carbocycles. The second-order valence-electron chi connectivity index (χ2n) is 3.72. The molecule has 2 heterocycles. The lowest BCUT2D eigenvalue weighted by Crippen LogP contribution is -2.54. The molecule has 1 N–H and O–H groups in total. The Hall–Kier alpha value is -0.190. The van der Waals surface area contributed by atoms with Gasteiger partial charge in [0.25, 0.3) is 0 Å². The van der Waals surface area contributed by atoms with Gasteiger partial charge in [-0.3, -0.25) is 4.90 Å². The predicted molar refractivity (Wildman–Crippen MR) is 48.6 cm³/mol. The largest absolute Gasteiger partial charge is 0.379 e. The molecule has 0 amide bonds. The highest BCUT2D eigenvalue weighted by atomic mass is 19.1. The van der Waals surface area contributed by atoms with Gasteiger partial charge < -0.3 is 10.1 Å². The van der Waals surface area contributed by atoms with Gasteiger partial charge in [-0.1, -0.05) is 0 Å². The third-order valence-electron chi connectivity index (χ3n) is 2.89. The number of hydrogen-bond donors (Lipinski definition) is 1. The van der Waals surface area contributed by atoms with Crippen LogP contribution in [0.25, 0.3) is 0 Å². The Labute approximate surface area is 78.2 Å². The molecule has 0 aromatic rings. The molecular formula is C9H17FN2O. The Morgan fingerprint density at radius 3 is 2.77 bits per heavy atom. The van der Waals surface area contributed by atoms with Crippen molar-refractivity contribution >= 4 is 0 Å². The quantitative estimate of drug-likeness (QED) is 0.628. The number of piperidine rings is 1. The first-order valence-corrected chi connectivity index (χ1v) is 5.04. The maximum Gasteiger partial charge on any atom is 0.128 e. The van der Waals surface area contributed by atoms with Crippen LogP contribution >= 0.6 is 0 Å². The molecule has 2 unspecified atom stereocenters. The van der Waals surface area contributed by atoms with Crippen molar-refractivity contribution in [3.05, 3.63) is 0 Å². The average Bonchev–Trinajstić information content (AvgIpc) is 2.20. The summed E-state index contributed by atoms with van der Waals surface area (Å²) in [5.74, 6) is 0. The summed E-state index contributed by atoms with van der Waals surface area (Å²) in [4.78, 5) is 2.23. The summed E-state index contributed by atoms with van der Waals surface area (Å²) in [5, 5.41) is 3.07. The summed E-state index contributed by atoms with van der Waals surface area (Å²) in [6.45, 7) is 4.77. The zero-order valence-corrected chi connectivity index (χ0v) is 7.84. The molecular weight excluding hydrogens is 171 g/mol. The zero-order valence-electron chi connectivity index (χ0n) is 7.84. The van der Waals surface area contributed by atoms with Crippen LogP contribution in [-0.4, -0.2) is 56.5 Å². The van der Waals surface area contributed by atoms with E-state index in [9.17, 15) is 4.39 Å². The molecule has 0 bridgehead atoms. The molecule has 3 nitrogen and oxygen atoms in total. The summed E-state index contributed by atoms with van der Waals surface area (Å²) >= 11 is 0. The first-order valence-electron chi connectivity index (χ1n) is 5.04. The van der Waals surface area contributed by atoms with Crippen molar-refractivity contribution in [3.63, 3.8) is 0 Å². The standard InChI is InChI=1S/C9H17FN2O/c10-8-7-11-2-1-9(8)12-3-5-13-6-4-12/h8-9,11H,1-7H2. The van der Waals surface area contributed by atoms with Gasteiger partial charge in [0.05, 0.1) is 13.2 Å². The van der Waals surface area contributed by atoms with Gasteiger partial charge in [-0.2, -0.15) is 0 Å². The molecule has 2 fully saturated rings. The predicted octanol–water partition coefficient (Wildman–Crippen LogP) is 0.0186. The van der Waals surface area contributed by atoms with Gasteiger partial charge in [0.1, 0.15) is 6.17 Å². The van der Waals surface area contributed by atoms with Crippen LogP contribution in [-0.2, 0) is 4.74 Å². The van der Waals surface area contributed by atoms with Crippen molar-refractivity contribution < 1.29 is 9.13 Å². The van der Waals surface area contributed by atoms with Crippen LogP contribution in [0.4, 0.5) is 4.39 Å². The lowest BCUT2D eigenvalue weighted by atomic mass is 10.0. The number of rotatable bonds is 1. The minimum atomic E-state index is -0.702. The van der Waals surface area contributed by atoms with Crippen LogP contribution in [0.2, 0.25) is 0 Å². The molecule has 2 aliphatic heterocycles. The van der Waals surface area contributed by atoms with Gasteiger partial charge in [-0.25, -0.2) is 4.39 Å². The van der Waals surface area contributed by atoms with Gasteiger partial charge in [-0.15, -0.1) is 0 Å². The Bertz CT molecular complexity index is 162. The molecule has 0 saturated carbocycles. The fourth-order valence-electron chi connectivity index (χ4n) is 2.13. The number of nitrogens with one attached hydrogen (secondary N) is 1. The molecule has 0 radical (unpaired) electrons. The third-order valence-corrected chi connectivity index (χ3v) is 2.89. The molecule has 76 valence electrons. The van der Waals surface area contributed by atoms with Gasteiger partial charge in [0.15, 0.2) is 0 Å². The minimum absolute atomic E-state index is 0.130. The Morgan fingerprint density at radius 2 is 2.08 bits per heavy atom. The minimum Gasteiger partial charge on any atom is -0.379 e. The molecule has 0 aliphatic carbocycles. The summed E-state index contributed by atoms with van der Waals surface area (Å²) in [7, 11) is 0. The van der Waals surface area contributed by atoms with Crippen LogP contribution in [0.3, 0.4) is 0 Å². The van der Waals surface area contributed by atoms with Gasteiger partial charge in [0.2, 0.25) is 0 Å². The monoisotopic (exact) mass is 188 g/mol. The van der Waals surface area contributed by atoms with E-state index in [1.807, 2.05) is 0 Å². The summed E-state index contributed by atoms with van der Waals surface area (Å²) in [6.07, 6.45) is 0.230. The number of alkyl halides is 1. The summed E-state index contributed by atoms with van der Waals surface area (Å²) in [6, 6.07) is 0.130. The van der Waals surface area contributed by atoms with E-state index in [4.69, 9.17) is 4.74 Å². The molecule has 13 heavy (non-hydrogen) atoms. The number of halogens is 1. The van der Waals surface area contributed by atoms with E-state index in [1.165, 1.54) is 0 Å². The van der Waals surface area contributed by atoms with Crippen molar-refractivity contribution in [1.29, 1.82) is 0 Å². The van der Waals surface area contributed by atoms with Crippen molar-refractivity contribution in [2.45, 2.75) is 18.6 Å². The van der Waals surface area contributed by atoms with Crippen LogP contribution in [0, 0.1) is 0 Å². The summed E-state index contributed by atoms with van der Waals surface area (Å²) in [5.41, 5.74) is 0. The fourth-order valence-corrected chi connectivity index (χ4v) is 2.13. The smallest absolute Gasteiger partial charge is 0.128 e. The van der Waals surface area contributed by atoms with E-state index < -0.39 is 6.17 Å². The highest BCUT2D eigenvalue weighted by molar-refractivity contribution is 4.86. The third kappa shape index (κ3) is 2.18. The van der Waals surface area contributed by atoms with Crippen molar-refractivity contribution in [2.24, 2.45) is 0 Å². The second kappa shape index (κ2) is 4.35. The highest BCUT2D eigenvalue weighted by Crippen LogP contribution is 2.16. The molecule has 2 rings (SSSR count). The van der Waals surface area contributed by atoms with Crippen LogP contribution in [0.15, 0.2) is 0 Å². The van der Waals surface area contributed by atoms with Crippen molar-refractivity contribution in [2.75, 3.05) is 39.4 Å². The SMILES string of the molecule is FC1CNCCC1N1CCOCC1. The Morgan fingerprint density at radius 1 is 1.31 bits per heavy atom. The van der Waals surface area contributed by atoms with Crippen LogP contribution < -0.4 is 5.32 Å². The molecule has 0 spiro atoms. The maximum atomic E-state index is 13.5. The van der Waals surface area contributed by atoms with E-state index in [1.54, 1.807) is 0 Å². The van der Waals surface area contributed by atoms with Crippen molar-refractivity contribution in [1.82, 2.24) is 10.2 Å². The number of hydrogen-bond acceptors (Lipinski definition) is 3.